The fraction of sp³-hybridized carbons (Fsp3) is 0.923. The Bertz CT molecular complexity index is 186. The molecule has 0 bridgehead atoms. The number of aliphatic hydroxyl groups excluding tert-OH is 1. The Labute approximate surface area is 99.6 Å². The molecule has 1 atom stereocenters. The third-order valence-electron chi connectivity index (χ3n) is 2.90. The van der Waals surface area contributed by atoms with E-state index in [1.165, 1.54) is 0 Å². The van der Waals surface area contributed by atoms with E-state index in [1.54, 1.807) is 0 Å². The Balaban J connectivity index is 3.99. The zero-order valence-electron chi connectivity index (χ0n) is 11.1. The zero-order chi connectivity index (χ0) is 12.6. The highest BCUT2D eigenvalue weighted by Crippen LogP contribution is 2.13. The standard InChI is InChI=1S/C13H27NO2/c1-5-7-11(8-6-2)13(16)14-9-12(15)10(3)4/h10-12,15H,5-9H2,1-4H3,(H,14,16). The lowest BCUT2D eigenvalue weighted by molar-refractivity contribution is -0.126. The fourth-order valence-electron chi connectivity index (χ4n) is 1.69. The summed E-state index contributed by atoms with van der Waals surface area (Å²) < 4.78 is 0. The lowest BCUT2D eigenvalue weighted by atomic mass is 9.97. The van der Waals surface area contributed by atoms with Crippen molar-refractivity contribution in [3.05, 3.63) is 0 Å². The summed E-state index contributed by atoms with van der Waals surface area (Å²) >= 11 is 0. The van der Waals surface area contributed by atoms with Gasteiger partial charge in [0, 0.05) is 12.5 Å². The molecule has 0 rings (SSSR count). The minimum absolute atomic E-state index is 0.100. The Morgan fingerprint density at radius 3 is 2.06 bits per heavy atom. The van der Waals surface area contributed by atoms with E-state index in [2.05, 4.69) is 19.2 Å². The minimum Gasteiger partial charge on any atom is -0.391 e. The Hall–Kier alpha value is -0.570. The van der Waals surface area contributed by atoms with Gasteiger partial charge in [0.2, 0.25) is 5.91 Å². The van der Waals surface area contributed by atoms with Crippen LogP contribution >= 0.6 is 0 Å². The molecule has 0 aromatic carbocycles. The second-order valence-corrected chi connectivity index (χ2v) is 4.83. The first kappa shape index (κ1) is 15.4. The molecule has 0 aliphatic heterocycles. The molecule has 0 heterocycles. The number of amides is 1. The molecule has 16 heavy (non-hydrogen) atoms. The Morgan fingerprint density at radius 2 is 1.69 bits per heavy atom. The van der Waals surface area contributed by atoms with E-state index in [1.807, 2.05) is 13.8 Å². The van der Waals surface area contributed by atoms with Gasteiger partial charge in [0.05, 0.1) is 6.10 Å². The van der Waals surface area contributed by atoms with Crippen LogP contribution in [-0.4, -0.2) is 23.7 Å². The highest BCUT2D eigenvalue weighted by Gasteiger charge is 2.18. The van der Waals surface area contributed by atoms with E-state index in [4.69, 9.17) is 0 Å². The quantitative estimate of drug-likeness (QED) is 0.671. The average molecular weight is 229 g/mol. The summed E-state index contributed by atoms with van der Waals surface area (Å²) in [5.74, 6) is 0.411. The van der Waals surface area contributed by atoms with Crippen LogP contribution in [0.4, 0.5) is 0 Å². The Kier molecular flexibility index (Phi) is 8.26. The maximum atomic E-state index is 11.8. The largest absolute Gasteiger partial charge is 0.391 e. The zero-order valence-corrected chi connectivity index (χ0v) is 11.1. The molecule has 96 valence electrons. The van der Waals surface area contributed by atoms with Gasteiger partial charge in [-0.15, -0.1) is 0 Å². The number of hydrogen-bond acceptors (Lipinski definition) is 2. The predicted octanol–water partition coefficient (Wildman–Crippen LogP) is 2.34. The molecule has 1 unspecified atom stereocenters. The fourth-order valence-corrected chi connectivity index (χ4v) is 1.69. The van der Waals surface area contributed by atoms with Crippen molar-refractivity contribution in [3.8, 4) is 0 Å². The van der Waals surface area contributed by atoms with Gasteiger partial charge < -0.3 is 10.4 Å². The summed E-state index contributed by atoms with van der Waals surface area (Å²) in [6.07, 6.45) is 3.51. The van der Waals surface area contributed by atoms with Crippen LogP contribution < -0.4 is 5.32 Å². The number of rotatable bonds is 8. The van der Waals surface area contributed by atoms with Gasteiger partial charge in [0.25, 0.3) is 0 Å². The number of aliphatic hydroxyl groups is 1. The van der Waals surface area contributed by atoms with Crippen LogP contribution in [0.2, 0.25) is 0 Å². The summed E-state index contributed by atoms with van der Waals surface area (Å²) in [6.45, 7) is 8.47. The van der Waals surface area contributed by atoms with E-state index < -0.39 is 6.10 Å². The van der Waals surface area contributed by atoms with Crippen LogP contribution in [0.1, 0.15) is 53.4 Å². The molecule has 2 N–H and O–H groups in total. The summed E-state index contributed by atoms with van der Waals surface area (Å²) in [5.41, 5.74) is 0. The molecule has 3 heteroatoms. The summed E-state index contributed by atoms with van der Waals surface area (Å²) in [7, 11) is 0. The molecule has 0 aliphatic rings. The molecule has 0 fully saturated rings. The smallest absolute Gasteiger partial charge is 0.223 e. The molecule has 0 aromatic heterocycles. The van der Waals surface area contributed by atoms with Crippen LogP contribution in [-0.2, 0) is 4.79 Å². The van der Waals surface area contributed by atoms with Crippen molar-refractivity contribution in [1.82, 2.24) is 5.32 Å². The number of nitrogens with one attached hydrogen (secondary N) is 1. The molecule has 1 amide bonds. The van der Waals surface area contributed by atoms with Crippen LogP contribution in [0.25, 0.3) is 0 Å². The minimum atomic E-state index is -0.437. The van der Waals surface area contributed by atoms with Crippen LogP contribution in [0.3, 0.4) is 0 Å². The van der Waals surface area contributed by atoms with Gasteiger partial charge in [0.1, 0.15) is 0 Å². The molecule has 0 aromatic rings. The lowest BCUT2D eigenvalue weighted by Crippen LogP contribution is -2.38. The summed E-state index contributed by atoms with van der Waals surface area (Å²) in [6, 6.07) is 0. The molecular weight excluding hydrogens is 202 g/mol. The van der Waals surface area contributed by atoms with Gasteiger partial charge in [-0.25, -0.2) is 0 Å². The summed E-state index contributed by atoms with van der Waals surface area (Å²) in [5, 5.41) is 12.4. The second kappa shape index (κ2) is 8.57. The molecule has 0 saturated heterocycles. The van der Waals surface area contributed by atoms with Crippen LogP contribution in [0.15, 0.2) is 0 Å². The first-order valence-corrected chi connectivity index (χ1v) is 6.48. The number of hydrogen-bond donors (Lipinski definition) is 2. The van der Waals surface area contributed by atoms with Gasteiger partial charge in [-0.1, -0.05) is 40.5 Å². The third-order valence-corrected chi connectivity index (χ3v) is 2.90. The number of carbonyl (C=O) groups excluding carboxylic acids is 1. The van der Waals surface area contributed by atoms with Crippen molar-refractivity contribution in [2.24, 2.45) is 11.8 Å². The third kappa shape index (κ3) is 6.11. The highest BCUT2D eigenvalue weighted by atomic mass is 16.3. The van der Waals surface area contributed by atoms with Crippen molar-refractivity contribution in [2.75, 3.05) is 6.54 Å². The van der Waals surface area contributed by atoms with Gasteiger partial charge >= 0.3 is 0 Å². The molecule has 0 aliphatic carbocycles. The molecule has 0 saturated carbocycles. The first-order valence-electron chi connectivity index (χ1n) is 6.48. The molecule has 3 nitrogen and oxygen atoms in total. The summed E-state index contributed by atoms with van der Waals surface area (Å²) in [4.78, 5) is 11.8. The van der Waals surface area contributed by atoms with Gasteiger partial charge in [0.15, 0.2) is 0 Å². The molecule has 0 spiro atoms. The normalized spacial score (nSPS) is 13.2. The SMILES string of the molecule is CCCC(CCC)C(=O)NCC(O)C(C)C. The lowest BCUT2D eigenvalue weighted by Gasteiger charge is -2.19. The van der Waals surface area contributed by atoms with E-state index in [-0.39, 0.29) is 17.7 Å². The predicted molar refractivity (Wildman–Crippen MR) is 67.2 cm³/mol. The van der Waals surface area contributed by atoms with E-state index in [9.17, 15) is 9.90 Å². The highest BCUT2D eigenvalue weighted by molar-refractivity contribution is 5.78. The van der Waals surface area contributed by atoms with E-state index >= 15 is 0 Å². The second-order valence-electron chi connectivity index (χ2n) is 4.83. The molecular formula is C13H27NO2. The van der Waals surface area contributed by atoms with E-state index in [0.717, 1.165) is 25.7 Å². The average Bonchev–Trinajstić information content (AvgIpc) is 2.24. The van der Waals surface area contributed by atoms with Crippen molar-refractivity contribution in [2.45, 2.75) is 59.5 Å². The van der Waals surface area contributed by atoms with E-state index in [0.29, 0.717) is 6.54 Å². The van der Waals surface area contributed by atoms with Crippen LogP contribution in [0, 0.1) is 11.8 Å². The maximum absolute atomic E-state index is 11.8. The number of carbonyl (C=O) groups is 1. The van der Waals surface area contributed by atoms with Crippen molar-refractivity contribution in [1.29, 1.82) is 0 Å². The topological polar surface area (TPSA) is 49.3 Å². The van der Waals surface area contributed by atoms with Crippen molar-refractivity contribution >= 4 is 5.91 Å². The maximum Gasteiger partial charge on any atom is 0.223 e. The van der Waals surface area contributed by atoms with Gasteiger partial charge in [-0.05, 0) is 18.8 Å². The molecule has 0 radical (unpaired) electrons. The van der Waals surface area contributed by atoms with Crippen LogP contribution in [0.5, 0.6) is 0 Å². The van der Waals surface area contributed by atoms with Gasteiger partial charge in [-0.2, -0.15) is 0 Å². The van der Waals surface area contributed by atoms with Crippen molar-refractivity contribution in [3.63, 3.8) is 0 Å². The Morgan fingerprint density at radius 1 is 1.19 bits per heavy atom. The monoisotopic (exact) mass is 229 g/mol. The first-order chi connectivity index (χ1) is 7.52. The van der Waals surface area contributed by atoms with Gasteiger partial charge in [-0.3, -0.25) is 4.79 Å². The van der Waals surface area contributed by atoms with Crippen molar-refractivity contribution < 1.29 is 9.90 Å².